The molecular formula is C16H23ClN2O2. The molecule has 0 aliphatic carbocycles. The summed E-state index contributed by atoms with van der Waals surface area (Å²) in [7, 11) is 1.83. The van der Waals surface area contributed by atoms with Crippen LogP contribution in [-0.2, 0) is 4.79 Å². The van der Waals surface area contributed by atoms with E-state index in [0.29, 0.717) is 24.1 Å². The van der Waals surface area contributed by atoms with Crippen LogP contribution < -0.4 is 10.1 Å². The lowest BCUT2D eigenvalue weighted by molar-refractivity contribution is -0.134. The van der Waals surface area contributed by atoms with Crippen LogP contribution in [0.15, 0.2) is 24.3 Å². The van der Waals surface area contributed by atoms with Crippen LogP contribution in [0.4, 0.5) is 0 Å². The average Bonchev–Trinajstić information content (AvgIpc) is 2.49. The predicted octanol–water partition coefficient (Wildman–Crippen LogP) is 2.57. The highest BCUT2D eigenvalue weighted by atomic mass is 35.5. The lowest BCUT2D eigenvalue weighted by Gasteiger charge is -2.32. The Bertz CT molecular complexity index is 464. The van der Waals surface area contributed by atoms with Crippen LogP contribution in [0.5, 0.6) is 5.75 Å². The van der Waals surface area contributed by atoms with Gasteiger partial charge in [0.05, 0.1) is 12.6 Å². The van der Waals surface area contributed by atoms with Crippen molar-refractivity contribution in [1.82, 2.24) is 10.2 Å². The van der Waals surface area contributed by atoms with E-state index in [1.54, 1.807) is 17.0 Å². The molecule has 1 aromatic rings. The molecule has 1 N–H and O–H groups in total. The number of hydrogen-bond donors (Lipinski definition) is 1. The summed E-state index contributed by atoms with van der Waals surface area (Å²) in [6.07, 6.45) is 2.26. The minimum atomic E-state index is -0.0562. The minimum absolute atomic E-state index is 0.0562. The van der Waals surface area contributed by atoms with Gasteiger partial charge in [-0.15, -0.1) is 0 Å². The van der Waals surface area contributed by atoms with Gasteiger partial charge in [-0.2, -0.15) is 0 Å². The number of halogens is 1. The number of nitrogens with one attached hydrogen (secondary N) is 1. The predicted molar refractivity (Wildman–Crippen MR) is 84.8 cm³/mol. The van der Waals surface area contributed by atoms with Gasteiger partial charge in [-0.1, -0.05) is 18.5 Å². The van der Waals surface area contributed by atoms with Gasteiger partial charge in [0, 0.05) is 12.1 Å². The van der Waals surface area contributed by atoms with Gasteiger partial charge >= 0.3 is 0 Å². The summed E-state index contributed by atoms with van der Waals surface area (Å²) in [5.74, 6) is 1.32. The maximum absolute atomic E-state index is 12.4. The fourth-order valence-corrected chi connectivity index (χ4v) is 2.69. The van der Waals surface area contributed by atoms with E-state index in [0.717, 1.165) is 25.1 Å². The fourth-order valence-electron chi connectivity index (χ4n) is 2.56. The van der Waals surface area contributed by atoms with Crippen molar-refractivity contribution < 1.29 is 9.53 Å². The molecule has 1 fully saturated rings. The lowest BCUT2D eigenvalue weighted by Crippen LogP contribution is -2.51. The first-order valence-electron chi connectivity index (χ1n) is 7.44. The van der Waals surface area contributed by atoms with Crippen molar-refractivity contribution in [2.75, 3.05) is 26.7 Å². The molecule has 0 bridgehead atoms. The molecule has 0 radical (unpaired) electrons. The van der Waals surface area contributed by atoms with E-state index >= 15 is 0 Å². The van der Waals surface area contributed by atoms with E-state index in [2.05, 4.69) is 12.2 Å². The van der Waals surface area contributed by atoms with Gasteiger partial charge in [-0.3, -0.25) is 4.79 Å². The van der Waals surface area contributed by atoms with E-state index in [1.807, 2.05) is 19.2 Å². The average molecular weight is 311 g/mol. The zero-order valence-corrected chi connectivity index (χ0v) is 13.4. The third kappa shape index (κ3) is 4.61. The second kappa shape index (κ2) is 7.66. The highest BCUT2D eigenvalue weighted by Crippen LogP contribution is 2.17. The number of ether oxygens (including phenoxy) is 1. The molecule has 1 aliphatic heterocycles. The Balaban J connectivity index is 1.77. The first kappa shape index (κ1) is 16.1. The van der Waals surface area contributed by atoms with Crippen molar-refractivity contribution in [3.63, 3.8) is 0 Å². The van der Waals surface area contributed by atoms with Crippen molar-refractivity contribution in [2.24, 2.45) is 5.92 Å². The number of piperidine rings is 1. The summed E-state index contributed by atoms with van der Waals surface area (Å²) in [4.78, 5) is 14.1. The largest absolute Gasteiger partial charge is 0.492 e. The van der Waals surface area contributed by atoms with Crippen LogP contribution in [0.2, 0.25) is 5.02 Å². The highest BCUT2D eigenvalue weighted by Gasteiger charge is 2.29. The highest BCUT2D eigenvalue weighted by molar-refractivity contribution is 6.30. The summed E-state index contributed by atoms with van der Waals surface area (Å²) >= 11 is 5.82. The Hall–Kier alpha value is -1.26. The van der Waals surface area contributed by atoms with Crippen molar-refractivity contribution in [1.29, 1.82) is 0 Å². The van der Waals surface area contributed by atoms with E-state index in [4.69, 9.17) is 16.3 Å². The molecule has 2 unspecified atom stereocenters. The summed E-state index contributed by atoms with van der Waals surface area (Å²) in [6, 6.07) is 7.18. The molecule has 116 valence electrons. The molecule has 5 heteroatoms. The molecular weight excluding hydrogens is 288 g/mol. The normalized spacial score (nSPS) is 21.9. The van der Waals surface area contributed by atoms with Crippen LogP contribution in [0.25, 0.3) is 0 Å². The molecule has 0 spiro atoms. The molecule has 0 saturated carbocycles. The Labute approximate surface area is 131 Å². The van der Waals surface area contributed by atoms with Crippen LogP contribution in [-0.4, -0.2) is 43.6 Å². The zero-order valence-electron chi connectivity index (χ0n) is 12.6. The second-order valence-corrected chi connectivity index (χ2v) is 6.05. The number of rotatable bonds is 5. The maximum atomic E-state index is 12.4. The fraction of sp³-hybridized carbons (Fsp3) is 0.562. The third-order valence-corrected chi connectivity index (χ3v) is 4.17. The number of nitrogens with zero attached hydrogens (tertiary/aromatic N) is 1. The first-order valence-corrected chi connectivity index (χ1v) is 7.82. The molecule has 21 heavy (non-hydrogen) atoms. The lowest BCUT2D eigenvalue weighted by atomic mass is 9.92. The van der Waals surface area contributed by atoms with Crippen LogP contribution in [0.1, 0.15) is 19.8 Å². The molecule has 1 aromatic carbocycles. The van der Waals surface area contributed by atoms with Crippen molar-refractivity contribution >= 4 is 17.5 Å². The van der Waals surface area contributed by atoms with Crippen molar-refractivity contribution in [3.05, 3.63) is 29.3 Å². The number of hydrogen-bond acceptors (Lipinski definition) is 3. The monoisotopic (exact) mass is 310 g/mol. The van der Waals surface area contributed by atoms with E-state index < -0.39 is 0 Å². The number of carbonyl (C=O) groups excluding carboxylic acids is 1. The SMILES string of the molecule is CC1CCCNC1C(=O)N(C)CCOc1ccc(Cl)cc1. The smallest absolute Gasteiger partial charge is 0.239 e. The molecule has 1 heterocycles. The second-order valence-electron chi connectivity index (χ2n) is 5.61. The van der Waals surface area contributed by atoms with Crippen LogP contribution in [0, 0.1) is 5.92 Å². The van der Waals surface area contributed by atoms with Crippen LogP contribution >= 0.6 is 11.6 Å². The summed E-state index contributed by atoms with van der Waals surface area (Å²) in [6.45, 7) is 4.11. The number of carbonyl (C=O) groups is 1. The third-order valence-electron chi connectivity index (χ3n) is 3.92. The Kier molecular flexibility index (Phi) is 5.88. The van der Waals surface area contributed by atoms with E-state index in [1.165, 1.54) is 0 Å². The van der Waals surface area contributed by atoms with Gasteiger partial charge in [0.2, 0.25) is 5.91 Å². The standard InChI is InChI=1S/C16H23ClN2O2/c1-12-4-3-9-18-15(12)16(20)19(2)10-11-21-14-7-5-13(17)6-8-14/h5-8,12,15,18H,3-4,9-11H2,1-2H3. The molecule has 1 aliphatic rings. The summed E-state index contributed by atoms with van der Waals surface area (Å²) < 4.78 is 5.62. The van der Waals surface area contributed by atoms with Gasteiger partial charge in [-0.05, 0) is 49.6 Å². The van der Waals surface area contributed by atoms with Gasteiger partial charge < -0.3 is 15.0 Å². The number of amides is 1. The number of likely N-dealkylation sites (N-methyl/N-ethyl adjacent to an activating group) is 1. The Morgan fingerprint density at radius 1 is 1.43 bits per heavy atom. The number of benzene rings is 1. The molecule has 1 saturated heterocycles. The van der Waals surface area contributed by atoms with Gasteiger partial charge in [0.1, 0.15) is 12.4 Å². The molecule has 0 aromatic heterocycles. The van der Waals surface area contributed by atoms with E-state index in [-0.39, 0.29) is 11.9 Å². The minimum Gasteiger partial charge on any atom is -0.492 e. The van der Waals surface area contributed by atoms with Gasteiger partial charge in [0.15, 0.2) is 0 Å². The van der Waals surface area contributed by atoms with Crippen molar-refractivity contribution in [2.45, 2.75) is 25.8 Å². The zero-order chi connectivity index (χ0) is 15.2. The molecule has 2 rings (SSSR count). The molecule has 4 nitrogen and oxygen atoms in total. The summed E-state index contributed by atoms with van der Waals surface area (Å²) in [5, 5.41) is 4.00. The first-order chi connectivity index (χ1) is 10.1. The maximum Gasteiger partial charge on any atom is 0.239 e. The topological polar surface area (TPSA) is 41.6 Å². The van der Waals surface area contributed by atoms with Crippen LogP contribution in [0.3, 0.4) is 0 Å². The van der Waals surface area contributed by atoms with Crippen molar-refractivity contribution in [3.8, 4) is 5.75 Å². The quantitative estimate of drug-likeness (QED) is 0.909. The molecule has 2 atom stereocenters. The van der Waals surface area contributed by atoms with E-state index in [9.17, 15) is 4.79 Å². The Morgan fingerprint density at radius 3 is 2.81 bits per heavy atom. The summed E-state index contributed by atoms with van der Waals surface area (Å²) in [5.41, 5.74) is 0. The molecule has 1 amide bonds. The van der Waals surface area contributed by atoms with Gasteiger partial charge in [-0.25, -0.2) is 0 Å². The van der Waals surface area contributed by atoms with Gasteiger partial charge in [0.25, 0.3) is 0 Å². The Morgan fingerprint density at radius 2 is 2.14 bits per heavy atom.